The number of imidazole rings is 2. The molecular weight excluding hydrogens is 354 g/mol. The summed E-state index contributed by atoms with van der Waals surface area (Å²) in [4.78, 5) is 8.82. The minimum absolute atomic E-state index is 0.0536. The van der Waals surface area contributed by atoms with Crippen molar-refractivity contribution >= 4 is 11.3 Å². The van der Waals surface area contributed by atoms with Gasteiger partial charge < -0.3 is 9.51 Å². The Bertz CT molecular complexity index is 1270. The smallest absolute Gasteiger partial charge is 0.153 e. The van der Waals surface area contributed by atoms with Crippen LogP contribution in [0.3, 0.4) is 0 Å². The fraction of sp³-hybridized carbons (Fsp3) is 0.200. The van der Waals surface area contributed by atoms with Crippen molar-refractivity contribution in [2.45, 2.75) is 19.4 Å². The molecule has 8 heteroatoms. The van der Waals surface area contributed by atoms with Crippen LogP contribution < -0.4 is 0 Å². The highest BCUT2D eigenvalue weighted by Crippen LogP contribution is 2.26. The average molecular weight is 373 g/mol. The summed E-state index contributed by atoms with van der Waals surface area (Å²) in [6, 6.07) is 8.01. The second-order valence-electron chi connectivity index (χ2n) is 6.76. The fourth-order valence-electron chi connectivity index (χ4n) is 3.42. The van der Waals surface area contributed by atoms with Crippen molar-refractivity contribution in [3.8, 4) is 11.3 Å². The van der Waals surface area contributed by atoms with E-state index in [0.717, 1.165) is 33.8 Å². The quantitative estimate of drug-likeness (QED) is 0.511. The summed E-state index contributed by atoms with van der Waals surface area (Å²) >= 11 is 0. The Labute approximate surface area is 160 Å². The van der Waals surface area contributed by atoms with Crippen molar-refractivity contribution in [2.75, 3.05) is 6.61 Å². The second kappa shape index (κ2) is 6.58. The molecule has 0 spiro atoms. The van der Waals surface area contributed by atoms with Crippen LogP contribution in [0, 0.1) is 0 Å². The molecule has 0 aliphatic carbocycles. The van der Waals surface area contributed by atoms with E-state index in [1.807, 2.05) is 45.7 Å². The second-order valence-corrected chi connectivity index (χ2v) is 6.76. The number of pyridine rings is 1. The van der Waals surface area contributed by atoms with Gasteiger partial charge in [0.25, 0.3) is 0 Å². The van der Waals surface area contributed by atoms with Gasteiger partial charge in [0, 0.05) is 36.3 Å². The van der Waals surface area contributed by atoms with Crippen LogP contribution in [0.4, 0.5) is 0 Å². The summed E-state index contributed by atoms with van der Waals surface area (Å²) < 4.78 is 5.62. The van der Waals surface area contributed by atoms with Crippen LogP contribution >= 0.6 is 0 Å². The van der Waals surface area contributed by atoms with E-state index in [2.05, 4.69) is 34.3 Å². The van der Waals surface area contributed by atoms with Gasteiger partial charge in [0.1, 0.15) is 5.65 Å². The van der Waals surface area contributed by atoms with Crippen molar-refractivity contribution in [1.82, 2.24) is 33.8 Å². The lowest BCUT2D eigenvalue weighted by molar-refractivity contribution is 0.269. The minimum Gasteiger partial charge on any atom is -0.394 e. The predicted octanol–water partition coefficient (Wildman–Crippen LogP) is 2.38. The maximum atomic E-state index is 9.08. The molecule has 0 radical (unpaired) electrons. The van der Waals surface area contributed by atoms with E-state index >= 15 is 0 Å². The number of aliphatic hydroxyl groups is 1. The maximum Gasteiger partial charge on any atom is 0.153 e. The molecule has 28 heavy (non-hydrogen) atoms. The molecular formula is C20H19N7O. The molecule has 0 aliphatic heterocycles. The molecule has 1 unspecified atom stereocenters. The third-order valence-corrected chi connectivity index (χ3v) is 5.00. The molecule has 8 nitrogen and oxygen atoms in total. The zero-order chi connectivity index (χ0) is 19.1. The zero-order valence-corrected chi connectivity index (χ0v) is 15.3. The van der Waals surface area contributed by atoms with Gasteiger partial charge in [0.15, 0.2) is 5.65 Å². The normalized spacial score (nSPS) is 12.8. The molecule has 0 fully saturated rings. The molecule has 5 rings (SSSR count). The number of aromatic nitrogens is 7. The Kier molecular flexibility index (Phi) is 3.91. The number of nitrogens with zero attached hydrogens (tertiary/aromatic N) is 7. The maximum absolute atomic E-state index is 9.08. The number of hydrogen-bond donors (Lipinski definition) is 1. The molecule has 0 saturated heterocycles. The fourth-order valence-corrected chi connectivity index (χ4v) is 3.42. The van der Waals surface area contributed by atoms with E-state index in [4.69, 9.17) is 10.2 Å². The molecule has 0 saturated carbocycles. The monoisotopic (exact) mass is 373 g/mol. The van der Waals surface area contributed by atoms with Gasteiger partial charge in [-0.1, -0.05) is 13.0 Å². The van der Waals surface area contributed by atoms with E-state index in [0.29, 0.717) is 6.54 Å². The highest BCUT2D eigenvalue weighted by Gasteiger charge is 2.16. The third kappa shape index (κ3) is 2.74. The lowest BCUT2D eigenvalue weighted by atomic mass is 10.0. The molecule has 5 aromatic rings. The first kappa shape index (κ1) is 16.6. The summed E-state index contributed by atoms with van der Waals surface area (Å²) in [6.45, 7) is 2.67. The molecule has 0 aromatic carbocycles. The first-order valence-corrected chi connectivity index (χ1v) is 9.14. The van der Waals surface area contributed by atoms with Gasteiger partial charge in [-0.15, -0.1) is 0 Å². The van der Waals surface area contributed by atoms with Crippen LogP contribution in [0.5, 0.6) is 0 Å². The molecule has 1 atom stereocenters. The first-order valence-electron chi connectivity index (χ1n) is 9.14. The standard InChI is InChI=1S/C20H19N7O/c1-14(15-2-4-19-21-6-7-25(19)12-15)18-11-22-20-5-3-17(24-27(18)20)16-10-23-26(13-16)8-9-28/h2-7,10-14,28H,8-9H2,1H3. The molecule has 0 amide bonds. The lowest BCUT2D eigenvalue weighted by Gasteiger charge is -2.12. The van der Waals surface area contributed by atoms with E-state index in [1.165, 1.54) is 0 Å². The van der Waals surface area contributed by atoms with Gasteiger partial charge in [-0.05, 0) is 23.8 Å². The molecule has 0 aliphatic rings. The van der Waals surface area contributed by atoms with E-state index in [-0.39, 0.29) is 12.5 Å². The van der Waals surface area contributed by atoms with Crippen LogP contribution in [0.2, 0.25) is 0 Å². The highest BCUT2D eigenvalue weighted by atomic mass is 16.3. The van der Waals surface area contributed by atoms with Crippen molar-refractivity contribution in [3.63, 3.8) is 0 Å². The van der Waals surface area contributed by atoms with Gasteiger partial charge in [0.05, 0.1) is 36.9 Å². The lowest BCUT2D eigenvalue weighted by Crippen LogP contribution is -2.05. The zero-order valence-electron chi connectivity index (χ0n) is 15.3. The SMILES string of the molecule is CC(c1ccc2nccn2c1)c1cnc2ccc(-c3cnn(CCO)c3)nn12. The van der Waals surface area contributed by atoms with Crippen LogP contribution in [0.1, 0.15) is 24.1 Å². The van der Waals surface area contributed by atoms with E-state index < -0.39 is 0 Å². The van der Waals surface area contributed by atoms with Gasteiger partial charge >= 0.3 is 0 Å². The van der Waals surface area contributed by atoms with Gasteiger partial charge in [-0.25, -0.2) is 14.5 Å². The third-order valence-electron chi connectivity index (χ3n) is 5.00. The van der Waals surface area contributed by atoms with Crippen molar-refractivity contribution < 1.29 is 5.11 Å². The van der Waals surface area contributed by atoms with Crippen LogP contribution in [-0.4, -0.2) is 45.5 Å². The number of hydrogen-bond acceptors (Lipinski definition) is 5. The van der Waals surface area contributed by atoms with E-state index in [9.17, 15) is 0 Å². The Hall–Kier alpha value is -3.52. The number of aliphatic hydroxyl groups excluding tert-OH is 1. The summed E-state index contributed by atoms with van der Waals surface area (Å²) in [5, 5.41) is 18.1. The number of fused-ring (bicyclic) bond motifs is 2. The minimum atomic E-state index is 0.0536. The van der Waals surface area contributed by atoms with Crippen molar-refractivity contribution in [3.05, 3.63) is 72.7 Å². The largest absolute Gasteiger partial charge is 0.394 e. The summed E-state index contributed by atoms with van der Waals surface area (Å²) in [5.41, 5.74) is 5.62. The molecule has 5 heterocycles. The van der Waals surface area contributed by atoms with E-state index in [1.54, 1.807) is 17.1 Å². The topological polar surface area (TPSA) is 85.5 Å². The van der Waals surface area contributed by atoms with Crippen molar-refractivity contribution in [2.24, 2.45) is 0 Å². The first-order chi connectivity index (χ1) is 13.7. The average Bonchev–Trinajstić information content (AvgIpc) is 3.45. The Balaban J connectivity index is 1.55. The molecule has 1 N–H and O–H groups in total. The summed E-state index contributed by atoms with van der Waals surface area (Å²) in [6.07, 6.45) is 11.4. The Morgan fingerprint density at radius 3 is 2.82 bits per heavy atom. The molecule has 0 bridgehead atoms. The summed E-state index contributed by atoms with van der Waals surface area (Å²) in [5.74, 6) is 0.113. The molecule has 140 valence electrons. The Morgan fingerprint density at radius 1 is 1.04 bits per heavy atom. The van der Waals surface area contributed by atoms with Gasteiger partial charge in [0.2, 0.25) is 0 Å². The summed E-state index contributed by atoms with van der Waals surface area (Å²) in [7, 11) is 0. The van der Waals surface area contributed by atoms with Crippen molar-refractivity contribution in [1.29, 1.82) is 0 Å². The number of rotatable bonds is 5. The highest BCUT2D eigenvalue weighted by molar-refractivity contribution is 5.58. The Morgan fingerprint density at radius 2 is 1.93 bits per heavy atom. The van der Waals surface area contributed by atoms with Crippen LogP contribution in [0.25, 0.3) is 22.6 Å². The predicted molar refractivity (Wildman–Crippen MR) is 104 cm³/mol. The van der Waals surface area contributed by atoms with Crippen LogP contribution in [-0.2, 0) is 6.54 Å². The van der Waals surface area contributed by atoms with Gasteiger partial charge in [-0.3, -0.25) is 4.68 Å². The van der Waals surface area contributed by atoms with Crippen LogP contribution in [0.15, 0.2) is 61.4 Å². The van der Waals surface area contributed by atoms with Gasteiger partial charge in [-0.2, -0.15) is 10.2 Å². The molecule has 5 aromatic heterocycles.